The van der Waals surface area contributed by atoms with Crippen molar-refractivity contribution in [1.29, 1.82) is 0 Å². The maximum absolute atomic E-state index is 12.8. The van der Waals surface area contributed by atoms with Gasteiger partial charge in [-0.25, -0.2) is 4.98 Å². The van der Waals surface area contributed by atoms with Gasteiger partial charge in [0, 0.05) is 38.4 Å². The highest BCUT2D eigenvalue weighted by Gasteiger charge is 2.29. The predicted molar refractivity (Wildman–Crippen MR) is 100 cm³/mol. The van der Waals surface area contributed by atoms with E-state index >= 15 is 0 Å². The molecule has 1 unspecified atom stereocenters. The Morgan fingerprint density at radius 1 is 1.32 bits per heavy atom. The molecule has 0 radical (unpaired) electrons. The number of rotatable bonds is 8. The molecule has 0 bridgehead atoms. The number of methoxy groups -OCH3 is 1. The van der Waals surface area contributed by atoms with Crippen LogP contribution in [0.2, 0.25) is 0 Å². The standard InChI is InChI=1S/C20H26N4O4/c1-26-18-7-6-15(11-21-18)20(25)24-9-2-3-16(12-24)19-22-17(23-28-19)8-10-27-13-14-4-5-14/h6-7,11,14,16H,2-5,8-10,12-13H2,1H3. The molecule has 1 saturated carbocycles. The van der Waals surface area contributed by atoms with Crippen LogP contribution >= 0.6 is 0 Å². The number of carbonyl (C=O) groups excluding carboxylic acids is 1. The summed E-state index contributed by atoms with van der Waals surface area (Å²) in [6.45, 7) is 2.75. The van der Waals surface area contributed by atoms with E-state index < -0.39 is 0 Å². The van der Waals surface area contributed by atoms with Crippen LogP contribution in [0.3, 0.4) is 0 Å². The van der Waals surface area contributed by atoms with Gasteiger partial charge in [0.2, 0.25) is 11.8 Å². The van der Waals surface area contributed by atoms with E-state index in [4.69, 9.17) is 14.0 Å². The Morgan fingerprint density at radius 3 is 2.96 bits per heavy atom. The molecular formula is C20H26N4O4. The molecule has 1 saturated heterocycles. The third-order valence-electron chi connectivity index (χ3n) is 5.25. The second-order valence-electron chi connectivity index (χ2n) is 7.50. The zero-order chi connectivity index (χ0) is 19.3. The molecule has 3 heterocycles. The van der Waals surface area contributed by atoms with Crippen molar-refractivity contribution in [1.82, 2.24) is 20.0 Å². The molecule has 8 nitrogen and oxygen atoms in total. The van der Waals surface area contributed by atoms with Gasteiger partial charge in [0.05, 0.1) is 25.2 Å². The lowest BCUT2D eigenvalue weighted by Crippen LogP contribution is -2.39. The Hall–Kier alpha value is -2.48. The Morgan fingerprint density at radius 2 is 2.21 bits per heavy atom. The summed E-state index contributed by atoms with van der Waals surface area (Å²) in [7, 11) is 1.55. The molecule has 0 spiro atoms. The van der Waals surface area contributed by atoms with E-state index in [2.05, 4.69) is 15.1 Å². The van der Waals surface area contributed by atoms with Gasteiger partial charge in [0.1, 0.15) is 0 Å². The van der Waals surface area contributed by atoms with Crippen molar-refractivity contribution in [3.8, 4) is 5.88 Å². The number of hydrogen-bond acceptors (Lipinski definition) is 7. The SMILES string of the molecule is COc1ccc(C(=O)N2CCCC(c3nc(CCOCC4CC4)no3)C2)cn1. The smallest absolute Gasteiger partial charge is 0.255 e. The summed E-state index contributed by atoms with van der Waals surface area (Å²) in [5, 5.41) is 4.08. The normalized spacial score (nSPS) is 19.6. The van der Waals surface area contributed by atoms with Gasteiger partial charge in [-0.15, -0.1) is 0 Å². The third-order valence-corrected chi connectivity index (χ3v) is 5.25. The van der Waals surface area contributed by atoms with E-state index in [9.17, 15) is 4.79 Å². The summed E-state index contributed by atoms with van der Waals surface area (Å²) in [4.78, 5) is 23.3. The molecule has 0 aromatic carbocycles. The first kappa shape index (κ1) is 18.9. The summed E-state index contributed by atoms with van der Waals surface area (Å²) in [5.74, 6) is 2.57. The van der Waals surface area contributed by atoms with Crippen molar-refractivity contribution in [2.45, 2.75) is 38.0 Å². The fourth-order valence-electron chi connectivity index (χ4n) is 3.41. The molecule has 0 N–H and O–H groups in total. The van der Waals surface area contributed by atoms with Crippen LogP contribution in [0.15, 0.2) is 22.9 Å². The molecule has 2 aliphatic rings. The summed E-state index contributed by atoms with van der Waals surface area (Å²) >= 11 is 0. The van der Waals surface area contributed by atoms with Gasteiger partial charge >= 0.3 is 0 Å². The van der Waals surface area contributed by atoms with E-state index in [0.717, 1.165) is 31.9 Å². The fraction of sp³-hybridized carbons (Fsp3) is 0.600. The predicted octanol–water partition coefficient (Wildman–Crippen LogP) is 2.46. The lowest BCUT2D eigenvalue weighted by atomic mass is 9.97. The Labute approximate surface area is 164 Å². The highest BCUT2D eigenvalue weighted by Crippen LogP contribution is 2.29. The monoisotopic (exact) mass is 386 g/mol. The van der Waals surface area contributed by atoms with Gasteiger partial charge in [-0.3, -0.25) is 4.79 Å². The number of ether oxygens (including phenoxy) is 2. The largest absolute Gasteiger partial charge is 0.481 e. The highest BCUT2D eigenvalue weighted by molar-refractivity contribution is 5.94. The lowest BCUT2D eigenvalue weighted by Gasteiger charge is -2.31. The number of carbonyl (C=O) groups is 1. The molecule has 150 valence electrons. The Bertz CT molecular complexity index is 788. The van der Waals surface area contributed by atoms with E-state index in [-0.39, 0.29) is 11.8 Å². The lowest BCUT2D eigenvalue weighted by molar-refractivity contribution is 0.0695. The van der Waals surface area contributed by atoms with Gasteiger partial charge in [-0.1, -0.05) is 5.16 Å². The van der Waals surface area contributed by atoms with Crippen LogP contribution in [0.25, 0.3) is 0 Å². The maximum Gasteiger partial charge on any atom is 0.255 e. The second kappa shape index (κ2) is 8.68. The van der Waals surface area contributed by atoms with Gasteiger partial charge in [0.15, 0.2) is 5.82 Å². The zero-order valence-electron chi connectivity index (χ0n) is 16.2. The van der Waals surface area contributed by atoms with Gasteiger partial charge < -0.3 is 18.9 Å². The quantitative estimate of drug-likeness (QED) is 0.644. The van der Waals surface area contributed by atoms with Crippen molar-refractivity contribution in [2.75, 3.05) is 33.4 Å². The van der Waals surface area contributed by atoms with E-state index in [1.54, 1.807) is 25.4 Å². The van der Waals surface area contributed by atoms with Gasteiger partial charge in [0.25, 0.3) is 5.91 Å². The van der Waals surface area contributed by atoms with Crippen molar-refractivity contribution in [2.24, 2.45) is 5.92 Å². The molecule has 1 amide bonds. The first-order chi connectivity index (χ1) is 13.7. The number of amides is 1. The zero-order valence-corrected chi connectivity index (χ0v) is 16.2. The summed E-state index contributed by atoms with van der Waals surface area (Å²) in [6.07, 6.45) is 6.62. The number of aromatic nitrogens is 3. The van der Waals surface area contributed by atoms with Gasteiger partial charge in [-0.2, -0.15) is 4.98 Å². The van der Waals surface area contributed by atoms with Crippen LogP contribution in [-0.4, -0.2) is 59.3 Å². The minimum absolute atomic E-state index is 0.0342. The number of likely N-dealkylation sites (tertiary alicyclic amines) is 1. The minimum Gasteiger partial charge on any atom is -0.481 e. The summed E-state index contributed by atoms with van der Waals surface area (Å²) in [6, 6.07) is 3.44. The minimum atomic E-state index is -0.0342. The Balaban J connectivity index is 1.31. The van der Waals surface area contributed by atoms with Crippen LogP contribution in [0, 0.1) is 5.92 Å². The van der Waals surface area contributed by atoms with E-state index in [1.165, 1.54) is 12.8 Å². The summed E-state index contributed by atoms with van der Waals surface area (Å²) < 4.78 is 16.2. The van der Waals surface area contributed by atoms with Crippen LogP contribution < -0.4 is 4.74 Å². The number of hydrogen-bond donors (Lipinski definition) is 0. The molecule has 8 heteroatoms. The average molecular weight is 386 g/mol. The molecule has 2 aromatic heterocycles. The van der Waals surface area contributed by atoms with Gasteiger partial charge in [-0.05, 0) is 37.7 Å². The molecule has 2 aromatic rings. The molecular weight excluding hydrogens is 360 g/mol. The fourth-order valence-corrected chi connectivity index (χ4v) is 3.41. The van der Waals surface area contributed by atoms with Crippen LogP contribution in [0.4, 0.5) is 0 Å². The first-order valence-corrected chi connectivity index (χ1v) is 9.92. The van der Waals surface area contributed by atoms with E-state index in [1.807, 2.05) is 4.90 Å². The van der Waals surface area contributed by atoms with Crippen LogP contribution in [-0.2, 0) is 11.2 Å². The summed E-state index contributed by atoms with van der Waals surface area (Å²) in [5.41, 5.74) is 0.556. The van der Waals surface area contributed by atoms with Crippen LogP contribution in [0.1, 0.15) is 53.7 Å². The van der Waals surface area contributed by atoms with E-state index in [0.29, 0.717) is 42.7 Å². The first-order valence-electron chi connectivity index (χ1n) is 9.92. The Kier molecular flexibility index (Phi) is 5.85. The average Bonchev–Trinajstić information content (AvgIpc) is 3.46. The van der Waals surface area contributed by atoms with Crippen molar-refractivity contribution in [3.63, 3.8) is 0 Å². The number of piperidine rings is 1. The second-order valence-corrected chi connectivity index (χ2v) is 7.50. The number of pyridine rings is 1. The molecule has 1 atom stereocenters. The van der Waals surface area contributed by atoms with Crippen LogP contribution in [0.5, 0.6) is 5.88 Å². The molecule has 2 fully saturated rings. The molecule has 1 aliphatic heterocycles. The number of nitrogens with zero attached hydrogens (tertiary/aromatic N) is 4. The molecule has 4 rings (SSSR count). The topological polar surface area (TPSA) is 90.6 Å². The molecule has 1 aliphatic carbocycles. The van der Waals surface area contributed by atoms with Crippen molar-refractivity contribution >= 4 is 5.91 Å². The molecule has 28 heavy (non-hydrogen) atoms. The maximum atomic E-state index is 12.8. The highest BCUT2D eigenvalue weighted by atomic mass is 16.5. The third kappa shape index (κ3) is 4.67. The van der Waals surface area contributed by atoms with Crippen molar-refractivity contribution in [3.05, 3.63) is 35.6 Å². The van der Waals surface area contributed by atoms with Crippen molar-refractivity contribution < 1.29 is 18.8 Å².